The minimum absolute atomic E-state index is 0.622. The van der Waals surface area contributed by atoms with E-state index < -0.39 is 0 Å². The fourth-order valence-electron chi connectivity index (χ4n) is 8.99. The quantitative estimate of drug-likeness (QED) is 0.164. The second kappa shape index (κ2) is 13.3. The Bertz CT molecular complexity index is 3610. The summed E-state index contributed by atoms with van der Waals surface area (Å²) in [5, 5.41) is 11.9. The van der Waals surface area contributed by atoms with E-state index in [4.69, 9.17) is 19.4 Å². The van der Waals surface area contributed by atoms with E-state index in [1.54, 1.807) is 0 Å². The standard InChI is InChI=1S/C55H33N3O/c1-2-14-36(15-3-1)53-56-54(37-29-27-35(28-30-37)48-33-38-16-5-6-17-39(38)45-32-31-34-13-4-7-18-40(34)51(45)48)58-55(57-53)46-24-11-20-41-42(21-10-22-43(41)46)44-23-12-26-50-52(44)47-19-8-9-25-49(47)59-50/h1-33H. The lowest BCUT2D eigenvalue weighted by Gasteiger charge is -2.15. The smallest absolute Gasteiger partial charge is 0.164 e. The largest absolute Gasteiger partial charge is 0.456 e. The van der Waals surface area contributed by atoms with Crippen molar-refractivity contribution >= 4 is 65.0 Å². The number of fused-ring (bicyclic) bond motifs is 9. The molecule has 4 nitrogen and oxygen atoms in total. The summed E-state index contributed by atoms with van der Waals surface area (Å²) in [7, 11) is 0. The number of nitrogens with zero attached hydrogens (tertiary/aromatic N) is 3. The van der Waals surface area contributed by atoms with Crippen LogP contribution in [0.2, 0.25) is 0 Å². The van der Waals surface area contributed by atoms with E-state index in [0.29, 0.717) is 17.5 Å². The SMILES string of the molecule is c1ccc(-c2nc(-c3ccc(-c4cc5ccccc5c5ccc6ccccc6c45)cc3)nc(-c3cccc4c(-c5cccc6oc7ccccc7c56)cccc34)n2)cc1. The van der Waals surface area contributed by atoms with Gasteiger partial charge in [-0.15, -0.1) is 0 Å². The monoisotopic (exact) mass is 751 g/mol. The summed E-state index contributed by atoms with van der Waals surface area (Å²) < 4.78 is 6.29. The predicted molar refractivity (Wildman–Crippen MR) is 244 cm³/mol. The molecule has 10 aromatic carbocycles. The van der Waals surface area contributed by atoms with Crippen molar-refractivity contribution in [3.05, 3.63) is 200 Å². The van der Waals surface area contributed by atoms with Gasteiger partial charge in [0.15, 0.2) is 17.5 Å². The third-order valence-corrected chi connectivity index (χ3v) is 11.7. The lowest BCUT2D eigenvalue weighted by Crippen LogP contribution is -2.00. The lowest BCUT2D eigenvalue weighted by molar-refractivity contribution is 0.669. The molecule has 2 aromatic heterocycles. The highest BCUT2D eigenvalue weighted by Crippen LogP contribution is 2.42. The van der Waals surface area contributed by atoms with Gasteiger partial charge >= 0.3 is 0 Å². The van der Waals surface area contributed by atoms with Gasteiger partial charge in [-0.25, -0.2) is 15.0 Å². The van der Waals surface area contributed by atoms with Crippen molar-refractivity contribution in [2.75, 3.05) is 0 Å². The van der Waals surface area contributed by atoms with Crippen molar-refractivity contribution in [3.8, 4) is 56.4 Å². The van der Waals surface area contributed by atoms with Crippen LogP contribution >= 0.6 is 0 Å². The van der Waals surface area contributed by atoms with Crippen LogP contribution in [0.3, 0.4) is 0 Å². The number of benzene rings is 10. The van der Waals surface area contributed by atoms with Crippen LogP contribution in [0.1, 0.15) is 0 Å². The Kier molecular flexibility index (Phi) is 7.50. The van der Waals surface area contributed by atoms with Crippen molar-refractivity contribution < 1.29 is 4.42 Å². The van der Waals surface area contributed by atoms with E-state index in [1.807, 2.05) is 36.4 Å². The molecule has 0 N–H and O–H groups in total. The van der Waals surface area contributed by atoms with E-state index in [2.05, 4.69) is 164 Å². The van der Waals surface area contributed by atoms with Gasteiger partial charge in [0.25, 0.3) is 0 Å². The van der Waals surface area contributed by atoms with Crippen LogP contribution in [-0.2, 0) is 0 Å². The zero-order valence-electron chi connectivity index (χ0n) is 31.8. The van der Waals surface area contributed by atoms with Crippen LogP contribution in [0.15, 0.2) is 205 Å². The Morgan fingerprint density at radius 1 is 0.271 bits per heavy atom. The van der Waals surface area contributed by atoms with Gasteiger partial charge in [-0.1, -0.05) is 182 Å². The molecule has 0 spiro atoms. The average Bonchev–Trinajstić information content (AvgIpc) is 3.70. The third-order valence-electron chi connectivity index (χ3n) is 11.7. The number of para-hydroxylation sites is 1. The molecule has 0 unspecified atom stereocenters. The summed E-state index contributed by atoms with van der Waals surface area (Å²) in [4.78, 5) is 15.5. The van der Waals surface area contributed by atoms with Crippen molar-refractivity contribution in [3.63, 3.8) is 0 Å². The van der Waals surface area contributed by atoms with Gasteiger partial charge < -0.3 is 4.42 Å². The Morgan fingerprint density at radius 3 is 1.64 bits per heavy atom. The number of hydrogen-bond acceptors (Lipinski definition) is 4. The van der Waals surface area contributed by atoms with Crippen molar-refractivity contribution in [2.45, 2.75) is 0 Å². The van der Waals surface area contributed by atoms with E-state index in [1.165, 1.54) is 37.9 Å². The fourth-order valence-corrected chi connectivity index (χ4v) is 8.99. The first-order valence-electron chi connectivity index (χ1n) is 19.9. The van der Waals surface area contributed by atoms with Crippen molar-refractivity contribution in [1.82, 2.24) is 15.0 Å². The highest BCUT2D eigenvalue weighted by atomic mass is 16.3. The zero-order valence-corrected chi connectivity index (χ0v) is 31.8. The molecule has 0 fully saturated rings. The molecule has 0 amide bonds. The van der Waals surface area contributed by atoms with Crippen LogP contribution in [0.5, 0.6) is 0 Å². The maximum Gasteiger partial charge on any atom is 0.164 e. The molecule has 0 bridgehead atoms. The Balaban J connectivity index is 1.02. The van der Waals surface area contributed by atoms with Gasteiger partial charge in [-0.2, -0.15) is 0 Å². The first-order valence-corrected chi connectivity index (χ1v) is 19.9. The van der Waals surface area contributed by atoms with E-state index in [0.717, 1.165) is 66.1 Å². The molecule has 0 saturated heterocycles. The fraction of sp³-hybridized carbons (Fsp3) is 0. The molecule has 59 heavy (non-hydrogen) atoms. The number of aromatic nitrogens is 3. The van der Waals surface area contributed by atoms with Crippen LogP contribution in [-0.4, -0.2) is 15.0 Å². The molecule has 0 aliphatic carbocycles. The molecular formula is C55H33N3O. The minimum Gasteiger partial charge on any atom is -0.456 e. The van der Waals surface area contributed by atoms with Crippen molar-refractivity contribution in [1.29, 1.82) is 0 Å². The van der Waals surface area contributed by atoms with E-state index in [-0.39, 0.29) is 0 Å². The first kappa shape index (κ1) is 33.2. The molecule has 0 saturated carbocycles. The first-order chi connectivity index (χ1) is 29.2. The molecule has 12 aromatic rings. The van der Waals surface area contributed by atoms with Gasteiger partial charge in [-0.05, 0) is 83.5 Å². The van der Waals surface area contributed by atoms with Gasteiger partial charge in [-0.3, -0.25) is 0 Å². The molecule has 0 atom stereocenters. The van der Waals surface area contributed by atoms with Gasteiger partial charge in [0, 0.05) is 27.5 Å². The molecule has 4 heteroatoms. The summed E-state index contributed by atoms with van der Waals surface area (Å²) >= 11 is 0. The average molecular weight is 752 g/mol. The molecule has 274 valence electrons. The third kappa shape index (κ3) is 5.42. The second-order valence-electron chi connectivity index (χ2n) is 15.1. The second-order valence-corrected chi connectivity index (χ2v) is 15.1. The molecular weight excluding hydrogens is 719 g/mol. The Labute approximate surface area is 339 Å². The molecule has 2 heterocycles. The molecule has 12 rings (SSSR count). The summed E-state index contributed by atoms with van der Waals surface area (Å²) in [6, 6.07) is 70.5. The molecule has 0 aliphatic heterocycles. The maximum atomic E-state index is 6.29. The van der Waals surface area contributed by atoms with E-state index in [9.17, 15) is 0 Å². The van der Waals surface area contributed by atoms with Crippen LogP contribution in [0, 0.1) is 0 Å². The van der Waals surface area contributed by atoms with E-state index >= 15 is 0 Å². The number of rotatable bonds is 5. The summed E-state index contributed by atoms with van der Waals surface area (Å²) in [6.07, 6.45) is 0. The normalized spacial score (nSPS) is 11.7. The molecule has 0 radical (unpaired) electrons. The van der Waals surface area contributed by atoms with Crippen molar-refractivity contribution in [2.24, 2.45) is 0 Å². The van der Waals surface area contributed by atoms with Gasteiger partial charge in [0.2, 0.25) is 0 Å². The summed E-state index contributed by atoms with van der Waals surface area (Å²) in [6.45, 7) is 0. The molecule has 0 aliphatic rings. The summed E-state index contributed by atoms with van der Waals surface area (Å²) in [5.74, 6) is 1.88. The number of hydrogen-bond donors (Lipinski definition) is 0. The van der Waals surface area contributed by atoms with Gasteiger partial charge in [0.05, 0.1) is 0 Å². The zero-order chi connectivity index (χ0) is 38.9. The topological polar surface area (TPSA) is 51.8 Å². The lowest BCUT2D eigenvalue weighted by atomic mass is 9.90. The van der Waals surface area contributed by atoms with Crippen LogP contribution in [0.4, 0.5) is 0 Å². The summed E-state index contributed by atoms with van der Waals surface area (Å²) in [5.41, 5.74) is 9.16. The number of furan rings is 1. The highest BCUT2D eigenvalue weighted by Gasteiger charge is 2.19. The Morgan fingerprint density at radius 2 is 0.831 bits per heavy atom. The van der Waals surface area contributed by atoms with Crippen LogP contribution < -0.4 is 0 Å². The maximum absolute atomic E-state index is 6.29. The van der Waals surface area contributed by atoms with Crippen LogP contribution in [0.25, 0.3) is 121 Å². The highest BCUT2D eigenvalue weighted by molar-refractivity contribution is 6.23. The van der Waals surface area contributed by atoms with Gasteiger partial charge in [0.1, 0.15) is 11.2 Å². The minimum atomic E-state index is 0.622. The Hall–Kier alpha value is -7.95. The predicted octanol–water partition coefficient (Wildman–Crippen LogP) is 14.7.